The molecule has 0 bridgehead atoms. The van der Waals surface area contributed by atoms with E-state index in [1.165, 1.54) is 42.0 Å². The normalized spacial score (nSPS) is 12.4. The molecule has 4 aromatic carbocycles. The molecule has 1 saturated heterocycles. The number of halogens is 5. The predicted octanol–water partition coefficient (Wildman–Crippen LogP) is 9.60. The van der Waals surface area contributed by atoms with Crippen LogP contribution in [-0.4, -0.2) is 70.4 Å². The van der Waals surface area contributed by atoms with Gasteiger partial charge >= 0.3 is 0 Å². The molecular weight excluding hydrogens is 926 g/mol. The van der Waals surface area contributed by atoms with Crippen molar-refractivity contribution in [2.24, 2.45) is 5.73 Å². The summed E-state index contributed by atoms with van der Waals surface area (Å²) >= 11 is 34.3. The largest absolute Gasteiger partial charge is 0.379 e. The van der Waals surface area contributed by atoms with Crippen molar-refractivity contribution in [3.8, 4) is 0 Å². The number of hydrogen-bond acceptors (Lipinski definition) is 11. The fourth-order valence-corrected chi connectivity index (χ4v) is 5.02. The van der Waals surface area contributed by atoms with E-state index in [1.54, 1.807) is 0 Å². The Morgan fingerprint density at radius 3 is 1.12 bits per heavy atom. The minimum Gasteiger partial charge on any atom is -0.379 e. The van der Waals surface area contributed by atoms with Gasteiger partial charge in [0.25, 0.3) is 32.1 Å². The molecule has 1 amide bonds. The maximum Gasteiger partial charge on any atom is 0.252 e. The van der Waals surface area contributed by atoms with Crippen LogP contribution in [0.1, 0.15) is 99.2 Å². The Kier molecular flexibility index (Phi) is 29.4. The van der Waals surface area contributed by atoms with Crippen molar-refractivity contribution in [2.45, 2.75) is 25.9 Å². The van der Waals surface area contributed by atoms with Gasteiger partial charge in [-0.15, -0.1) is 0 Å². The van der Waals surface area contributed by atoms with Crippen LogP contribution in [0.5, 0.6) is 0 Å². The molecule has 5 rings (SSSR count). The molecular formula is C39H40Cl5N3O7P2S2. The zero-order valence-corrected chi connectivity index (χ0v) is 38.7. The van der Waals surface area contributed by atoms with Crippen molar-refractivity contribution in [1.82, 2.24) is 10.2 Å². The minimum atomic E-state index is -0.797. The Bertz CT molecular complexity index is 1850. The number of carbonyl (C=O) groups excluding carboxylic acids is 6. The number of nitrogens with zero attached hydrogens (tertiary/aromatic N) is 1. The maximum absolute atomic E-state index is 12.4. The van der Waals surface area contributed by atoms with Gasteiger partial charge in [0.1, 0.15) is 0 Å². The van der Waals surface area contributed by atoms with Crippen LogP contribution in [0, 0.1) is 0 Å². The van der Waals surface area contributed by atoms with Crippen molar-refractivity contribution < 1.29 is 33.5 Å². The van der Waals surface area contributed by atoms with E-state index in [0.717, 1.165) is 31.9 Å². The van der Waals surface area contributed by atoms with E-state index >= 15 is 0 Å². The SMILES string of the molecule is CC(N)c1ccccc1.CC(NC(=O)c1cc(C(=O)Cl)cc(C(=O)Cl)c1)c1ccccc1.CN1CCOCC1.O=C(Cl)c1cc(C(=O)Cl)cc(C(=O)Cl)c1.P=S.P=S. The van der Waals surface area contributed by atoms with Gasteiger partial charge in [0, 0.05) is 52.5 Å². The monoisotopic (exact) mass is 963 g/mol. The van der Waals surface area contributed by atoms with Crippen LogP contribution in [0.25, 0.3) is 0 Å². The molecule has 19 heteroatoms. The summed E-state index contributed by atoms with van der Waals surface area (Å²) in [6, 6.07) is 26.8. The highest BCUT2D eigenvalue weighted by atomic mass is 35.5. The van der Waals surface area contributed by atoms with Crippen LogP contribution in [0.4, 0.5) is 0 Å². The average molecular weight is 966 g/mol. The lowest BCUT2D eigenvalue weighted by molar-refractivity contribution is 0.0503. The quantitative estimate of drug-likeness (QED) is 0.122. The second kappa shape index (κ2) is 31.0. The lowest BCUT2D eigenvalue weighted by atomic mass is 10.0. The second-order valence-electron chi connectivity index (χ2n) is 11.7. The van der Waals surface area contributed by atoms with Crippen molar-refractivity contribution in [3.63, 3.8) is 0 Å². The fraction of sp³-hybridized carbons (Fsp3) is 0.231. The third kappa shape index (κ3) is 21.9. The second-order valence-corrected chi connectivity index (χ2v) is 13.4. The first-order chi connectivity index (χ1) is 27.5. The van der Waals surface area contributed by atoms with Crippen LogP contribution < -0.4 is 11.1 Å². The van der Waals surface area contributed by atoms with Crippen LogP contribution in [-0.2, 0) is 28.4 Å². The predicted molar refractivity (Wildman–Crippen MR) is 245 cm³/mol. The molecule has 3 N–H and O–H groups in total. The van der Waals surface area contributed by atoms with Crippen molar-refractivity contribution in [1.29, 1.82) is 0 Å². The maximum atomic E-state index is 12.4. The first kappa shape index (κ1) is 55.1. The summed E-state index contributed by atoms with van der Waals surface area (Å²) in [7, 11) is 7.22. The first-order valence-electron chi connectivity index (χ1n) is 16.6. The van der Waals surface area contributed by atoms with Crippen molar-refractivity contribution in [2.75, 3.05) is 33.4 Å². The van der Waals surface area contributed by atoms with E-state index in [1.807, 2.05) is 74.5 Å². The van der Waals surface area contributed by atoms with Crippen molar-refractivity contribution in [3.05, 3.63) is 142 Å². The molecule has 1 aliphatic heterocycles. The number of benzene rings is 4. The van der Waals surface area contributed by atoms with Gasteiger partial charge in [-0.25, -0.2) is 0 Å². The van der Waals surface area contributed by atoms with Crippen LogP contribution in [0.15, 0.2) is 97.1 Å². The van der Waals surface area contributed by atoms with Gasteiger partial charge in [-0.1, -0.05) is 84.3 Å². The van der Waals surface area contributed by atoms with E-state index in [2.05, 4.69) is 56.9 Å². The molecule has 0 aliphatic carbocycles. The minimum absolute atomic E-state index is 0.00725. The zero-order chi connectivity index (χ0) is 44.4. The summed E-state index contributed by atoms with van der Waals surface area (Å²) < 4.78 is 5.10. The highest BCUT2D eigenvalue weighted by Gasteiger charge is 2.17. The molecule has 1 fully saturated rings. The lowest BCUT2D eigenvalue weighted by Crippen LogP contribution is -2.32. The molecule has 0 radical (unpaired) electrons. The summed E-state index contributed by atoms with van der Waals surface area (Å²) in [5.74, 6) is -0.430. The van der Waals surface area contributed by atoms with E-state index in [4.69, 9.17) is 68.5 Å². The third-order valence-corrected chi connectivity index (χ3v) is 8.56. The molecule has 0 aromatic heterocycles. The summed E-state index contributed by atoms with van der Waals surface area (Å²) in [6.45, 7) is 7.83. The van der Waals surface area contributed by atoms with E-state index in [-0.39, 0.29) is 45.5 Å². The number of morpholine rings is 1. The van der Waals surface area contributed by atoms with E-state index in [0.29, 0.717) is 0 Å². The van der Waals surface area contributed by atoms with Crippen LogP contribution in [0.2, 0.25) is 0 Å². The molecule has 2 unspecified atom stereocenters. The molecule has 1 heterocycles. The number of ether oxygens (including phenoxy) is 1. The molecule has 0 saturated carbocycles. The van der Waals surface area contributed by atoms with Gasteiger partial charge in [-0.05, 0) is 142 Å². The molecule has 2 atom stereocenters. The third-order valence-electron chi connectivity index (χ3n) is 7.47. The molecule has 0 spiro atoms. The van der Waals surface area contributed by atoms with Crippen molar-refractivity contribution >= 4 is 130 Å². The van der Waals surface area contributed by atoms with Crippen LogP contribution in [0.3, 0.4) is 0 Å². The van der Waals surface area contributed by atoms with Gasteiger partial charge in [0.2, 0.25) is 0 Å². The highest BCUT2D eigenvalue weighted by molar-refractivity contribution is 7.89. The fourth-order valence-electron chi connectivity index (χ4n) is 4.47. The molecule has 4 aromatic rings. The number of carbonyl (C=O) groups is 6. The average Bonchev–Trinajstić information content (AvgIpc) is 3.23. The Labute approximate surface area is 377 Å². The zero-order valence-electron chi connectivity index (χ0n) is 31.3. The standard InChI is InChI=1S/C17H13Cl2NO3.C9H3Cl3O3.C8H11N.C5H11NO.2HPS/c1-10(11-5-3-2-4-6-11)20-17(23)14-8-12(15(18)21)7-13(9-14)16(19)22;10-7(13)4-1-5(8(11)14)3-6(2-4)9(12)15;1-7(9)8-5-3-2-4-6-8;1-6-2-4-7-5-3-6;2*1-2/h2-10H,1H3,(H,20,23);1-3H;2-7H,9H2,1H3;2-5H2,1H3;2*1H. The number of nitrogens with two attached hydrogens (primary N) is 1. The van der Waals surface area contributed by atoms with Gasteiger partial charge in [0.05, 0.1) is 19.3 Å². The highest BCUT2D eigenvalue weighted by Crippen LogP contribution is 2.18. The Hall–Kier alpha value is -2.93. The Morgan fingerprint density at radius 2 is 0.879 bits per heavy atom. The van der Waals surface area contributed by atoms with Gasteiger partial charge in [-0.2, -0.15) is 0 Å². The summed E-state index contributed by atoms with van der Waals surface area (Å²) in [5, 5.41) is -1.13. The number of rotatable bonds is 9. The van der Waals surface area contributed by atoms with Gasteiger partial charge < -0.3 is 20.7 Å². The first-order valence-corrected chi connectivity index (χ1v) is 21.8. The Balaban J connectivity index is 0.000000793. The Morgan fingerprint density at radius 1 is 0.586 bits per heavy atom. The summed E-state index contributed by atoms with van der Waals surface area (Å²) in [6.07, 6.45) is 0. The molecule has 310 valence electrons. The van der Waals surface area contributed by atoms with Gasteiger partial charge in [0.15, 0.2) is 0 Å². The smallest absolute Gasteiger partial charge is 0.252 e. The molecule has 58 heavy (non-hydrogen) atoms. The number of hydrogen-bond donors (Lipinski definition) is 2. The number of amides is 1. The topological polar surface area (TPSA) is 153 Å². The lowest BCUT2D eigenvalue weighted by Gasteiger charge is -2.21. The number of nitrogens with one attached hydrogen (secondary N) is 1. The summed E-state index contributed by atoms with van der Waals surface area (Å²) in [4.78, 5) is 69.8. The number of likely N-dealkylation sites (N-methyl/N-ethyl adjacent to an activating group) is 1. The van der Waals surface area contributed by atoms with E-state index in [9.17, 15) is 28.8 Å². The molecule has 1 aliphatic rings. The van der Waals surface area contributed by atoms with Gasteiger partial charge in [-0.3, -0.25) is 28.8 Å². The summed E-state index contributed by atoms with van der Waals surface area (Å²) in [5.41, 5.74) is 7.93. The van der Waals surface area contributed by atoms with Crippen LogP contribution >= 0.6 is 74.0 Å². The molecule has 10 nitrogen and oxygen atoms in total. The van der Waals surface area contributed by atoms with E-state index < -0.39 is 32.1 Å².